The van der Waals surface area contributed by atoms with Crippen molar-refractivity contribution < 1.29 is 13.2 Å². The molecular formula is C18H21NO3S. The molecule has 5 heteroatoms. The summed E-state index contributed by atoms with van der Waals surface area (Å²) in [6.07, 6.45) is 0.784. The smallest absolute Gasteiger partial charge is 0.257 e. The van der Waals surface area contributed by atoms with Gasteiger partial charge in [-0.3, -0.25) is 4.79 Å². The maximum atomic E-state index is 12.6. The van der Waals surface area contributed by atoms with E-state index in [9.17, 15) is 13.2 Å². The van der Waals surface area contributed by atoms with Gasteiger partial charge >= 0.3 is 0 Å². The summed E-state index contributed by atoms with van der Waals surface area (Å²) in [7, 11) is -3.45. The lowest BCUT2D eigenvalue weighted by Crippen LogP contribution is -2.18. The van der Waals surface area contributed by atoms with E-state index in [0.29, 0.717) is 0 Å². The first kappa shape index (κ1) is 17.2. The summed E-state index contributed by atoms with van der Waals surface area (Å²) in [5, 5.41) is 2.88. The van der Waals surface area contributed by atoms with Gasteiger partial charge in [-0.1, -0.05) is 44.2 Å². The van der Waals surface area contributed by atoms with Crippen molar-refractivity contribution in [2.45, 2.75) is 32.1 Å². The number of carbonyl (C=O) groups excluding carboxylic acids is 1. The van der Waals surface area contributed by atoms with E-state index in [0.717, 1.165) is 23.2 Å². The van der Waals surface area contributed by atoms with Crippen LogP contribution in [0.3, 0.4) is 0 Å². The average Bonchev–Trinajstić information content (AvgIpc) is 2.56. The van der Waals surface area contributed by atoms with Gasteiger partial charge in [0.1, 0.15) is 0 Å². The Morgan fingerprint density at radius 1 is 1.04 bits per heavy atom. The first-order chi connectivity index (χ1) is 10.9. The average molecular weight is 331 g/mol. The molecule has 2 aromatic rings. The zero-order chi connectivity index (χ0) is 17.0. The van der Waals surface area contributed by atoms with Crippen molar-refractivity contribution in [3.8, 4) is 0 Å². The van der Waals surface area contributed by atoms with Gasteiger partial charge in [-0.25, -0.2) is 8.42 Å². The van der Waals surface area contributed by atoms with Crippen LogP contribution in [0, 0.1) is 6.92 Å². The molecule has 2 rings (SSSR count). The summed E-state index contributed by atoms with van der Waals surface area (Å²) in [6.45, 7) is 5.50. The van der Waals surface area contributed by atoms with E-state index >= 15 is 0 Å². The highest BCUT2D eigenvalue weighted by Crippen LogP contribution is 2.24. The summed E-state index contributed by atoms with van der Waals surface area (Å²) in [5.74, 6) is -0.441. The second-order valence-electron chi connectivity index (χ2n) is 5.32. The number of anilines is 1. The van der Waals surface area contributed by atoms with Crippen LogP contribution >= 0.6 is 0 Å². The Kier molecular flexibility index (Phi) is 5.21. The second-order valence-corrected chi connectivity index (χ2v) is 7.56. The van der Waals surface area contributed by atoms with Crippen molar-refractivity contribution in [2.24, 2.45) is 0 Å². The SMILES string of the molecule is CCc1cccc(C)c1NC(=O)c1ccccc1S(=O)(=O)CC. The molecule has 0 saturated heterocycles. The van der Waals surface area contributed by atoms with Crippen molar-refractivity contribution in [3.05, 3.63) is 59.2 Å². The molecule has 0 aliphatic carbocycles. The van der Waals surface area contributed by atoms with E-state index in [-0.39, 0.29) is 16.2 Å². The summed E-state index contributed by atoms with van der Waals surface area (Å²) in [4.78, 5) is 12.7. The Labute approximate surface area is 137 Å². The highest BCUT2D eigenvalue weighted by Gasteiger charge is 2.21. The monoisotopic (exact) mass is 331 g/mol. The molecule has 0 aromatic heterocycles. The molecule has 0 spiro atoms. The van der Waals surface area contributed by atoms with E-state index in [1.165, 1.54) is 6.07 Å². The zero-order valence-corrected chi connectivity index (χ0v) is 14.4. The molecule has 4 nitrogen and oxygen atoms in total. The summed E-state index contributed by atoms with van der Waals surface area (Å²) in [6, 6.07) is 12.1. The Morgan fingerprint density at radius 3 is 2.39 bits per heavy atom. The van der Waals surface area contributed by atoms with Crippen molar-refractivity contribution in [3.63, 3.8) is 0 Å². The van der Waals surface area contributed by atoms with Gasteiger partial charge in [-0.05, 0) is 36.6 Å². The fourth-order valence-electron chi connectivity index (χ4n) is 2.46. The topological polar surface area (TPSA) is 63.2 Å². The van der Waals surface area contributed by atoms with Gasteiger partial charge in [0.05, 0.1) is 16.2 Å². The number of aryl methyl sites for hydroxylation is 2. The maximum absolute atomic E-state index is 12.6. The quantitative estimate of drug-likeness (QED) is 0.910. The minimum atomic E-state index is -3.45. The van der Waals surface area contributed by atoms with Gasteiger partial charge < -0.3 is 5.32 Å². The Balaban J connectivity index is 2.45. The molecule has 0 fully saturated rings. The summed E-state index contributed by atoms with van der Waals surface area (Å²) >= 11 is 0. The van der Waals surface area contributed by atoms with E-state index < -0.39 is 15.7 Å². The lowest BCUT2D eigenvalue weighted by molar-refractivity contribution is 0.102. The van der Waals surface area contributed by atoms with Gasteiger partial charge in [-0.2, -0.15) is 0 Å². The number of hydrogen-bond acceptors (Lipinski definition) is 3. The molecule has 0 heterocycles. The molecule has 1 amide bonds. The number of carbonyl (C=O) groups is 1. The first-order valence-corrected chi connectivity index (χ1v) is 9.27. The van der Waals surface area contributed by atoms with Crippen LogP contribution in [0.2, 0.25) is 0 Å². The number of amides is 1. The van der Waals surface area contributed by atoms with E-state index in [1.54, 1.807) is 25.1 Å². The molecule has 2 aromatic carbocycles. The number of benzene rings is 2. The van der Waals surface area contributed by atoms with E-state index in [2.05, 4.69) is 5.32 Å². The lowest BCUT2D eigenvalue weighted by Gasteiger charge is -2.14. The minimum absolute atomic E-state index is 0.0398. The van der Waals surface area contributed by atoms with Crippen LogP contribution in [0.25, 0.3) is 0 Å². The number of rotatable bonds is 5. The van der Waals surface area contributed by atoms with E-state index in [4.69, 9.17) is 0 Å². The van der Waals surface area contributed by atoms with Crippen molar-refractivity contribution in [2.75, 3.05) is 11.1 Å². The van der Waals surface area contributed by atoms with Gasteiger partial charge in [0, 0.05) is 5.69 Å². The molecule has 0 atom stereocenters. The summed E-state index contributed by atoms with van der Waals surface area (Å²) < 4.78 is 24.4. The molecule has 0 bridgehead atoms. The number of para-hydroxylation sites is 1. The van der Waals surface area contributed by atoms with Gasteiger partial charge in [0.2, 0.25) is 0 Å². The van der Waals surface area contributed by atoms with Crippen LogP contribution in [-0.2, 0) is 16.3 Å². The Hall–Kier alpha value is -2.14. The third-order valence-electron chi connectivity index (χ3n) is 3.83. The molecule has 0 aliphatic heterocycles. The molecular weight excluding hydrogens is 310 g/mol. The first-order valence-electron chi connectivity index (χ1n) is 7.62. The standard InChI is InChI=1S/C18H21NO3S/c1-4-14-10-8-9-13(3)17(14)19-18(20)15-11-6-7-12-16(15)23(21,22)5-2/h6-12H,4-5H2,1-3H3,(H,19,20). The third kappa shape index (κ3) is 3.62. The van der Waals surface area contributed by atoms with Crippen LogP contribution < -0.4 is 5.32 Å². The fraction of sp³-hybridized carbons (Fsp3) is 0.278. The maximum Gasteiger partial charge on any atom is 0.257 e. The highest BCUT2D eigenvalue weighted by atomic mass is 32.2. The second kappa shape index (κ2) is 6.96. The Bertz CT molecular complexity index is 826. The normalized spacial score (nSPS) is 11.3. The predicted octanol–water partition coefficient (Wildman–Crippen LogP) is 3.60. The summed E-state index contributed by atoms with van der Waals surface area (Å²) in [5.41, 5.74) is 2.91. The molecule has 0 unspecified atom stereocenters. The number of hydrogen-bond donors (Lipinski definition) is 1. The Morgan fingerprint density at radius 2 is 1.74 bits per heavy atom. The fourth-order valence-corrected chi connectivity index (χ4v) is 3.56. The molecule has 23 heavy (non-hydrogen) atoms. The predicted molar refractivity (Wildman–Crippen MR) is 92.7 cm³/mol. The van der Waals surface area contributed by atoms with E-state index in [1.807, 2.05) is 32.0 Å². The lowest BCUT2D eigenvalue weighted by atomic mass is 10.1. The minimum Gasteiger partial charge on any atom is -0.321 e. The van der Waals surface area contributed by atoms with Crippen LogP contribution in [0.5, 0.6) is 0 Å². The number of nitrogens with one attached hydrogen (secondary N) is 1. The molecule has 122 valence electrons. The van der Waals surface area contributed by atoms with Crippen LogP contribution in [0.15, 0.2) is 47.4 Å². The number of sulfone groups is 1. The van der Waals surface area contributed by atoms with Gasteiger partial charge in [0.15, 0.2) is 9.84 Å². The van der Waals surface area contributed by atoms with Crippen LogP contribution in [0.1, 0.15) is 35.3 Å². The van der Waals surface area contributed by atoms with Crippen LogP contribution in [0.4, 0.5) is 5.69 Å². The molecule has 1 N–H and O–H groups in total. The van der Waals surface area contributed by atoms with Crippen LogP contribution in [-0.4, -0.2) is 20.1 Å². The van der Waals surface area contributed by atoms with Crippen molar-refractivity contribution in [1.82, 2.24) is 0 Å². The largest absolute Gasteiger partial charge is 0.321 e. The molecule has 0 radical (unpaired) electrons. The highest BCUT2D eigenvalue weighted by molar-refractivity contribution is 7.91. The molecule has 0 saturated carbocycles. The van der Waals surface area contributed by atoms with Crippen molar-refractivity contribution in [1.29, 1.82) is 0 Å². The van der Waals surface area contributed by atoms with Gasteiger partial charge in [-0.15, -0.1) is 0 Å². The molecule has 0 aliphatic rings. The zero-order valence-electron chi connectivity index (χ0n) is 13.6. The third-order valence-corrected chi connectivity index (χ3v) is 5.61. The van der Waals surface area contributed by atoms with Crippen molar-refractivity contribution >= 4 is 21.4 Å². The van der Waals surface area contributed by atoms with Gasteiger partial charge in [0.25, 0.3) is 5.91 Å².